The van der Waals surface area contributed by atoms with Gasteiger partial charge in [0.15, 0.2) is 0 Å². The number of carboxylic acids is 1. The standard InChI is InChI=1S/C11H15N3O5S/c1-2-7(10-12-3-4-20-10)13-11(18)14-8(15)5-19-6-9(16)17/h3-4,7H,2,5-6H2,1H3,(H,16,17)(H2,13,14,15,18). The van der Waals surface area contributed by atoms with E-state index in [1.807, 2.05) is 6.92 Å². The van der Waals surface area contributed by atoms with Gasteiger partial charge in [0.2, 0.25) is 0 Å². The topological polar surface area (TPSA) is 118 Å². The van der Waals surface area contributed by atoms with Crippen molar-refractivity contribution >= 4 is 29.2 Å². The molecule has 0 bridgehead atoms. The van der Waals surface area contributed by atoms with Crippen molar-refractivity contribution in [1.82, 2.24) is 15.6 Å². The van der Waals surface area contributed by atoms with Gasteiger partial charge in [-0.25, -0.2) is 14.6 Å². The number of thiazole rings is 1. The molecule has 0 aliphatic carbocycles. The maximum absolute atomic E-state index is 11.6. The second-order valence-corrected chi connectivity index (χ2v) is 4.67. The Hall–Kier alpha value is -2.00. The lowest BCUT2D eigenvalue weighted by atomic mass is 10.2. The summed E-state index contributed by atoms with van der Waals surface area (Å²) in [5.74, 6) is -1.89. The lowest BCUT2D eigenvalue weighted by Gasteiger charge is -2.14. The Balaban J connectivity index is 2.35. The van der Waals surface area contributed by atoms with Crippen molar-refractivity contribution in [1.29, 1.82) is 0 Å². The molecule has 0 radical (unpaired) electrons. The summed E-state index contributed by atoms with van der Waals surface area (Å²) in [5, 5.41) is 15.5. The highest BCUT2D eigenvalue weighted by atomic mass is 32.1. The summed E-state index contributed by atoms with van der Waals surface area (Å²) < 4.78 is 4.56. The van der Waals surface area contributed by atoms with Crippen molar-refractivity contribution in [2.45, 2.75) is 19.4 Å². The zero-order valence-electron chi connectivity index (χ0n) is 10.8. The lowest BCUT2D eigenvalue weighted by Crippen LogP contribution is -2.42. The van der Waals surface area contributed by atoms with Crippen LogP contribution < -0.4 is 10.6 Å². The largest absolute Gasteiger partial charge is 0.480 e. The van der Waals surface area contributed by atoms with Crippen molar-refractivity contribution in [3.05, 3.63) is 16.6 Å². The molecule has 8 nitrogen and oxygen atoms in total. The van der Waals surface area contributed by atoms with Crippen molar-refractivity contribution < 1.29 is 24.2 Å². The fourth-order valence-corrected chi connectivity index (χ4v) is 2.11. The molecule has 20 heavy (non-hydrogen) atoms. The van der Waals surface area contributed by atoms with Crippen LogP contribution in [-0.4, -0.2) is 41.2 Å². The molecule has 110 valence electrons. The van der Waals surface area contributed by atoms with Gasteiger partial charge in [0.25, 0.3) is 5.91 Å². The molecule has 0 aliphatic heterocycles. The number of nitrogens with zero attached hydrogens (tertiary/aromatic N) is 1. The summed E-state index contributed by atoms with van der Waals surface area (Å²) in [6.45, 7) is 0.795. The third kappa shape index (κ3) is 5.76. The van der Waals surface area contributed by atoms with Crippen LogP contribution in [0.25, 0.3) is 0 Å². The molecule has 0 aromatic carbocycles. The maximum atomic E-state index is 11.6. The number of imide groups is 1. The second kappa shape index (κ2) is 8.23. The highest BCUT2D eigenvalue weighted by Crippen LogP contribution is 2.18. The fourth-order valence-electron chi connectivity index (χ4n) is 1.33. The van der Waals surface area contributed by atoms with Gasteiger partial charge in [0, 0.05) is 11.6 Å². The van der Waals surface area contributed by atoms with E-state index in [0.717, 1.165) is 5.01 Å². The van der Waals surface area contributed by atoms with Crippen molar-refractivity contribution in [2.24, 2.45) is 0 Å². The number of carbonyl (C=O) groups is 3. The zero-order chi connectivity index (χ0) is 15.0. The van der Waals surface area contributed by atoms with Gasteiger partial charge in [-0.05, 0) is 6.42 Å². The smallest absolute Gasteiger partial charge is 0.329 e. The van der Waals surface area contributed by atoms with Crippen LogP contribution in [0.5, 0.6) is 0 Å². The third-order valence-electron chi connectivity index (χ3n) is 2.17. The molecule has 0 aliphatic rings. The number of carboxylic acid groups (broad SMARTS) is 1. The summed E-state index contributed by atoms with van der Waals surface area (Å²) in [6.07, 6.45) is 2.26. The maximum Gasteiger partial charge on any atom is 0.329 e. The Kier molecular flexibility index (Phi) is 6.60. The number of amides is 3. The second-order valence-electron chi connectivity index (χ2n) is 3.74. The van der Waals surface area contributed by atoms with Gasteiger partial charge in [0.05, 0.1) is 6.04 Å². The van der Waals surface area contributed by atoms with Crippen LogP contribution in [0, 0.1) is 0 Å². The van der Waals surface area contributed by atoms with Gasteiger partial charge < -0.3 is 15.2 Å². The average Bonchev–Trinajstić information content (AvgIpc) is 2.89. The minimum Gasteiger partial charge on any atom is -0.480 e. The first kappa shape index (κ1) is 16.1. The van der Waals surface area contributed by atoms with Crippen molar-refractivity contribution in [3.8, 4) is 0 Å². The van der Waals surface area contributed by atoms with Crippen LogP contribution in [0.15, 0.2) is 11.6 Å². The highest BCUT2D eigenvalue weighted by Gasteiger charge is 2.16. The minimum absolute atomic E-state index is 0.275. The Morgan fingerprint density at radius 3 is 2.75 bits per heavy atom. The van der Waals surface area contributed by atoms with E-state index >= 15 is 0 Å². The average molecular weight is 301 g/mol. The molecular weight excluding hydrogens is 286 g/mol. The van der Waals surface area contributed by atoms with Crippen LogP contribution >= 0.6 is 11.3 Å². The Morgan fingerprint density at radius 2 is 2.20 bits per heavy atom. The van der Waals surface area contributed by atoms with E-state index in [4.69, 9.17) is 5.11 Å². The number of rotatable bonds is 7. The van der Waals surface area contributed by atoms with E-state index in [1.165, 1.54) is 11.3 Å². The van der Waals surface area contributed by atoms with Gasteiger partial charge in [-0.2, -0.15) is 0 Å². The molecule has 3 N–H and O–H groups in total. The number of carbonyl (C=O) groups excluding carboxylic acids is 2. The fraction of sp³-hybridized carbons (Fsp3) is 0.455. The molecule has 0 spiro atoms. The van der Waals surface area contributed by atoms with E-state index in [9.17, 15) is 14.4 Å². The number of ether oxygens (including phenoxy) is 1. The predicted molar refractivity (Wildman–Crippen MR) is 70.3 cm³/mol. The SMILES string of the molecule is CCC(NC(=O)NC(=O)COCC(=O)O)c1nccs1. The van der Waals surface area contributed by atoms with Crippen LogP contribution in [0.2, 0.25) is 0 Å². The third-order valence-corrected chi connectivity index (χ3v) is 3.06. The molecular formula is C11H15N3O5S. The molecule has 1 aromatic rings. The summed E-state index contributed by atoms with van der Waals surface area (Å²) in [6, 6.07) is -0.946. The van der Waals surface area contributed by atoms with Crippen LogP contribution in [0.4, 0.5) is 4.79 Å². The molecule has 0 fully saturated rings. The van der Waals surface area contributed by atoms with Crippen LogP contribution in [0.1, 0.15) is 24.4 Å². The summed E-state index contributed by atoms with van der Waals surface area (Å²) in [7, 11) is 0. The molecule has 1 heterocycles. The summed E-state index contributed by atoms with van der Waals surface area (Å²) in [4.78, 5) is 37.1. The zero-order valence-corrected chi connectivity index (χ0v) is 11.6. The molecule has 1 atom stereocenters. The van der Waals surface area contributed by atoms with E-state index in [2.05, 4.69) is 20.4 Å². The lowest BCUT2D eigenvalue weighted by molar-refractivity contribution is -0.143. The van der Waals surface area contributed by atoms with E-state index in [0.29, 0.717) is 6.42 Å². The van der Waals surface area contributed by atoms with Crippen molar-refractivity contribution in [2.75, 3.05) is 13.2 Å². The van der Waals surface area contributed by atoms with Gasteiger partial charge in [0.1, 0.15) is 18.2 Å². The number of nitrogens with one attached hydrogen (secondary N) is 2. The Morgan fingerprint density at radius 1 is 1.45 bits per heavy atom. The van der Waals surface area contributed by atoms with E-state index < -0.39 is 31.1 Å². The molecule has 3 amide bonds. The molecule has 1 unspecified atom stereocenters. The first-order valence-corrected chi connectivity index (χ1v) is 6.70. The predicted octanol–water partition coefficient (Wildman–Crippen LogP) is 0.521. The Labute approximate surface area is 119 Å². The number of hydrogen-bond acceptors (Lipinski definition) is 6. The van der Waals surface area contributed by atoms with E-state index in [-0.39, 0.29) is 6.04 Å². The normalized spacial score (nSPS) is 11.7. The van der Waals surface area contributed by atoms with Gasteiger partial charge >= 0.3 is 12.0 Å². The molecule has 1 rings (SSSR count). The first-order valence-electron chi connectivity index (χ1n) is 5.82. The number of aromatic nitrogens is 1. The van der Waals surface area contributed by atoms with Crippen LogP contribution in [0.3, 0.4) is 0 Å². The Bertz CT molecular complexity index is 463. The monoisotopic (exact) mass is 301 g/mol. The van der Waals surface area contributed by atoms with Crippen LogP contribution in [-0.2, 0) is 14.3 Å². The minimum atomic E-state index is -1.18. The molecule has 9 heteroatoms. The number of aliphatic carboxylic acids is 1. The number of urea groups is 1. The van der Waals surface area contributed by atoms with Gasteiger partial charge in [-0.3, -0.25) is 10.1 Å². The van der Waals surface area contributed by atoms with Crippen molar-refractivity contribution in [3.63, 3.8) is 0 Å². The summed E-state index contributed by atoms with van der Waals surface area (Å²) in [5.41, 5.74) is 0. The van der Waals surface area contributed by atoms with E-state index in [1.54, 1.807) is 11.6 Å². The van der Waals surface area contributed by atoms with Gasteiger partial charge in [-0.15, -0.1) is 11.3 Å². The molecule has 1 aromatic heterocycles. The highest BCUT2D eigenvalue weighted by molar-refractivity contribution is 7.09. The van der Waals surface area contributed by atoms with Gasteiger partial charge in [-0.1, -0.05) is 6.92 Å². The molecule has 0 saturated carbocycles. The quantitative estimate of drug-likeness (QED) is 0.676. The first-order chi connectivity index (χ1) is 9.52. The number of hydrogen-bond donors (Lipinski definition) is 3. The summed E-state index contributed by atoms with van der Waals surface area (Å²) >= 11 is 1.41. The molecule has 0 saturated heterocycles.